The van der Waals surface area contributed by atoms with Crippen LogP contribution in [0.2, 0.25) is 0 Å². The molecule has 0 heterocycles. The molecule has 0 saturated carbocycles. The van der Waals surface area contributed by atoms with Crippen molar-refractivity contribution in [3.63, 3.8) is 0 Å². The predicted molar refractivity (Wildman–Crippen MR) is 31.2 cm³/mol. The quantitative estimate of drug-likeness (QED) is 0.588. The van der Waals surface area contributed by atoms with Crippen LogP contribution in [0.15, 0.2) is 0 Å². The van der Waals surface area contributed by atoms with Gasteiger partial charge < -0.3 is 5.11 Å². The van der Waals surface area contributed by atoms with Gasteiger partial charge in [-0.2, -0.15) is 0 Å². The number of halogens is 1. The van der Waals surface area contributed by atoms with Gasteiger partial charge in [-0.3, -0.25) is 0 Å². The van der Waals surface area contributed by atoms with Crippen molar-refractivity contribution < 1.29 is 9.50 Å². The zero-order chi connectivity index (χ0) is 6.78. The molecule has 0 aliphatic rings. The van der Waals surface area contributed by atoms with Crippen molar-refractivity contribution in [1.82, 2.24) is 0 Å². The summed E-state index contributed by atoms with van der Waals surface area (Å²) in [6, 6.07) is 0. The average molecular weight is 120 g/mol. The summed E-state index contributed by atoms with van der Waals surface area (Å²) in [6.07, 6.45) is 0.171. The lowest BCUT2D eigenvalue weighted by molar-refractivity contribution is -0.127. The molecule has 0 saturated heterocycles. The third kappa shape index (κ3) is 1.78. The molecule has 0 rings (SSSR count). The van der Waals surface area contributed by atoms with E-state index in [1.807, 2.05) is 0 Å². The second-order valence-electron chi connectivity index (χ2n) is 2.33. The van der Waals surface area contributed by atoms with E-state index in [9.17, 15) is 4.39 Å². The average Bonchev–Trinajstić information content (AvgIpc) is 1.67. The summed E-state index contributed by atoms with van der Waals surface area (Å²) in [7, 11) is 0. The molecule has 0 spiro atoms. The molecule has 8 heavy (non-hydrogen) atoms. The summed E-state index contributed by atoms with van der Waals surface area (Å²) in [5.74, 6) is -2.26. The van der Waals surface area contributed by atoms with Crippen molar-refractivity contribution in [2.75, 3.05) is 0 Å². The van der Waals surface area contributed by atoms with Crippen LogP contribution >= 0.6 is 0 Å². The maximum Gasteiger partial charge on any atom is 0.208 e. The monoisotopic (exact) mass is 120 g/mol. The normalized spacial score (nSPS) is 18.8. The predicted octanol–water partition coefficient (Wildman–Crippen LogP) is 1.71. The van der Waals surface area contributed by atoms with Crippen molar-refractivity contribution >= 4 is 0 Å². The number of aliphatic hydroxyl groups is 1. The van der Waals surface area contributed by atoms with E-state index in [2.05, 4.69) is 0 Å². The molecule has 0 bridgehead atoms. The zero-order valence-electron chi connectivity index (χ0n) is 5.61. The lowest BCUT2D eigenvalue weighted by atomic mass is 10.0. The molecule has 1 nitrogen and oxygen atoms in total. The first-order valence-corrected chi connectivity index (χ1v) is 2.92. The highest BCUT2D eigenvalue weighted by Gasteiger charge is 2.26. The standard InChI is InChI=1S/C6H13FO/c1-4-6(7,8)5(2)3/h5,8H,4H2,1-3H3. The van der Waals surface area contributed by atoms with Crippen LogP contribution in [0.25, 0.3) is 0 Å². The Balaban J connectivity index is 3.71. The van der Waals surface area contributed by atoms with Crippen LogP contribution < -0.4 is 0 Å². The van der Waals surface area contributed by atoms with E-state index in [1.165, 1.54) is 0 Å². The van der Waals surface area contributed by atoms with Crippen molar-refractivity contribution in [2.24, 2.45) is 5.92 Å². The third-order valence-corrected chi connectivity index (χ3v) is 1.38. The Morgan fingerprint density at radius 1 is 1.62 bits per heavy atom. The highest BCUT2D eigenvalue weighted by molar-refractivity contribution is 4.65. The smallest absolute Gasteiger partial charge is 0.208 e. The van der Waals surface area contributed by atoms with E-state index >= 15 is 0 Å². The molecule has 0 aromatic rings. The molecule has 0 aromatic heterocycles. The minimum atomic E-state index is -1.96. The Labute approximate surface area is 49.5 Å². The molecule has 2 heteroatoms. The van der Waals surface area contributed by atoms with Gasteiger partial charge in [0.25, 0.3) is 0 Å². The maximum atomic E-state index is 12.5. The van der Waals surface area contributed by atoms with Gasteiger partial charge in [-0.25, -0.2) is 4.39 Å². The van der Waals surface area contributed by atoms with Gasteiger partial charge in [-0.15, -0.1) is 0 Å². The molecular weight excluding hydrogens is 107 g/mol. The second-order valence-corrected chi connectivity index (χ2v) is 2.33. The molecule has 0 aliphatic heterocycles. The third-order valence-electron chi connectivity index (χ3n) is 1.38. The van der Waals surface area contributed by atoms with Gasteiger partial charge in [0, 0.05) is 12.3 Å². The lowest BCUT2D eigenvalue weighted by Gasteiger charge is -2.20. The Hall–Kier alpha value is -0.110. The SMILES string of the molecule is CCC(O)(F)C(C)C. The zero-order valence-corrected chi connectivity index (χ0v) is 5.61. The van der Waals surface area contributed by atoms with Gasteiger partial charge in [0.1, 0.15) is 0 Å². The van der Waals surface area contributed by atoms with Crippen LogP contribution in [0, 0.1) is 5.92 Å². The van der Waals surface area contributed by atoms with Crippen LogP contribution in [0.4, 0.5) is 4.39 Å². The van der Waals surface area contributed by atoms with E-state index < -0.39 is 5.85 Å². The molecule has 1 unspecified atom stereocenters. The summed E-state index contributed by atoms with van der Waals surface area (Å²) < 4.78 is 12.5. The Kier molecular flexibility index (Phi) is 2.41. The molecule has 0 amide bonds. The molecule has 0 radical (unpaired) electrons. The van der Waals surface area contributed by atoms with Crippen molar-refractivity contribution in [3.8, 4) is 0 Å². The van der Waals surface area contributed by atoms with Gasteiger partial charge in [-0.1, -0.05) is 20.8 Å². The topological polar surface area (TPSA) is 20.2 Å². The molecule has 0 fully saturated rings. The van der Waals surface area contributed by atoms with Gasteiger partial charge in [0.2, 0.25) is 5.85 Å². The maximum absolute atomic E-state index is 12.5. The van der Waals surface area contributed by atoms with Crippen LogP contribution in [0.1, 0.15) is 27.2 Å². The Morgan fingerprint density at radius 2 is 2.00 bits per heavy atom. The highest BCUT2D eigenvalue weighted by atomic mass is 19.2. The molecule has 1 N–H and O–H groups in total. The summed E-state index contributed by atoms with van der Waals surface area (Å²) in [5.41, 5.74) is 0. The first kappa shape index (κ1) is 7.89. The fourth-order valence-corrected chi connectivity index (χ4v) is 0.408. The van der Waals surface area contributed by atoms with Crippen molar-refractivity contribution in [2.45, 2.75) is 33.0 Å². The van der Waals surface area contributed by atoms with E-state index in [0.717, 1.165) is 0 Å². The summed E-state index contributed by atoms with van der Waals surface area (Å²) in [4.78, 5) is 0. The van der Waals surface area contributed by atoms with Crippen LogP contribution in [-0.2, 0) is 0 Å². The second kappa shape index (κ2) is 2.44. The van der Waals surface area contributed by atoms with E-state index in [0.29, 0.717) is 0 Å². The lowest BCUT2D eigenvalue weighted by Crippen LogP contribution is -2.27. The van der Waals surface area contributed by atoms with Gasteiger partial charge in [0.15, 0.2) is 0 Å². The Bertz CT molecular complexity index is 68.9. The molecular formula is C6H13FO. The molecule has 0 aliphatic carbocycles. The van der Waals surface area contributed by atoms with Crippen LogP contribution in [0.5, 0.6) is 0 Å². The fourth-order valence-electron chi connectivity index (χ4n) is 0.408. The van der Waals surface area contributed by atoms with Gasteiger partial charge in [0.05, 0.1) is 0 Å². The largest absolute Gasteiger partial charge is 0.362 e. The first-order chi connectivity index (χ1) is 3.50. The van der Waals surface area contributed by atoms with Crippen molar-refractivity contribution in [1.29, 1.82) is 0 Å². The minimum absolute atomic E-state index is 0.171. The fraction of sp³-hybridized carbons (Fsp3) is 1.00. The van der Waals surface area contributed by atoms with Gasteiger partial charge >= 0.3 is 0 Å². The minimum Gasteiger partial charge on any atom is -0.362 e. The van der Waals surface area contributed by atoms with E-state index in [4.69, 9.17) is 5.11 Å². The Morgan fingerprint density at radius 3 is 2.00 bits per heavy atom. The molecule has 0 aromatic carbocycles. The molecule has 50 valence electrons. The van der Waals surface area contributed by atoms with Crippen LogP contribution in [-0.4, -0.2) is 11.0 Å². The van der Waals surface area contributed by atoms with Crippen molar-refractivity contribution in [3.05, 3.63) is 0 Å². The van der Waals surface area contributed by atoms with E-state index in [1.54, 1.807) is 20.8 Å². The molecule has 1 atom stereocenters. The summed E-state index contributed by atoms with van der Waals surface area (Å²) in [6.45, 7) is 4.94. The number of alkyl halides is 1. The summed E-state index contributed by atoms with van der Waals surface area (Å²) >= 11 is 0. The first-order valence-electron chi connectivity index (χ1n) is 2.92. The number of hydrogen-bond acceptors (Lipinski definition) is 1. The number of rotatable bonds is 2. The van der Waals surface area contributed by atoms with E-state index in [-0.39, 0.29) is 12.3 Å². The van der Waals surface area contributed by atoms with Crippen LogP contribution in [0.3, 0.4) is 0 Å². The number of hydrogen-bond donors (Lipinski definition) is 1. The van der Waals surface area contributed by atoms with Gasteiger partial charge in [-0.05, 0) is 0 Å². The highest BCUT2D eigenvalue weighted by Crippen LogP contribution is 2.21. The summed E-state index contributed by atoms with van der Waals surface area (Å²) in [5, 5.41) is 8.73.